The summed E-state index contributed by atoms with van der Waals surface area (Å²) in [6.07, 6.45) is 0. The Kier molecular flexibility index (Phi) is 7.47. The fraction of sp³-hybridized carbons (Fsp3) is 0.300. The molecule has 0 spiro atoms. The first-order chi connectivity index (χ1) is 12.0. The molecule has 0 fully saturated rings. The van der Waals surface area contributed by atoms with Crippen LogP contribution in [0.1, 0.15) is 30.2 Å². The first kappa shape index (κ1) is 19.5. The molecule has 3 nitrogen and oxygen atoms in total. The number of thioether (sulfide) groups is 1. The van der Waals surface area contributed by atoms with Crippen molar-refractivity contribution in [2.45, 2.75) is 26.0 Å². The number of thiocarbonyl (C=S) groups is 1. The molecule has 0 heterocycles. The van der Waals surface area contributed by atoms with Crippen molar-refractivity contribution in [2.24, 2.45) is 0 Å². The molecule has 0 unspecified atom stereocenters. The zero-order valence-electron chi connectivity index (χ0n) is 14.9. The highest BCUT2D eigenvalue weighted by Gasteiger charge is 2.24. The van der Waals surface area contributed by atoms with E-state index in [0.29, 0.717) is 0 Å². The predicted octanol–water partition coefficient (Wildman–Crippen LogP) is 5.03. The lowest BCUT2D eigenvalue weighted by Crippen LogP contribution is -2.29. The Morgan fingerprint density at radius 1 is 1.08 bits per heavy atom. The van der Waals surface area contributed by atoms with Crippen LogP contribution in [0.4, 0.5) is 5.69 Å². The van der Waals surface area contributed by atoms with E-state index in [0.717, 1.165) is 34.2 Å². The van der Waals surface area contributed by atoms with Gasteiger partial charge in [-0.2, -0.15) is 0 Å². The van der Waals surface area contributed by atoms with Gasteiger partial charge in [-0.05, 0) is 38.5 Å². The smallest absolute Gasteiger partial charge is 0.242 e. The molecule has 1 atom stereocenters. The Balaban J connectivity index is 2.20. The van der Waals surface area contributed by atoms with Crippen LogP contribution >= 0.6 is 24.0 Å². The van der Waals surface area contributed by atoms with Gasteiger partial charge in [-0.3, -0.25) is 4.79 Å². The second-order valence-electron chi connectivity index (χ2n) is 5.70. The fourth-order valence-corrected chi connectivity index (χ4v) is 4.02. The number of carbonyl (C=O) groups excluding carboxylic acids is 1. The third-order valence-corrected chi connectivity index (χ3v) is 5.63. The van der Waals surface area contributed by atoms with Gasteiger partial charge in [0.05, 0.1) is 0 Å². The van der Waals surface area contributed by atoms with E-state index in [4.69, 9.17) is 12.2 Å². The molecule has 0 aliphatic heterocycles. The monoisotopic (exact) mass is 372 g/mol. The molecule has 0 radical (unpaired) electrons. The molecule has 2 rings (SSSR count). The van der Waals surface area contributed by atoms with Crippen molar-refractivity contribution in [3.63, 3.8) is 0 Å². The van der Waals surface area contributed by atoms with E-state index < -0.39 is 0 Å². The normalized spacial score (nSPS) is 11.6. The van der Waals surface area contributed by atoms with Gasteiger partial charge in [0.2, 0.25) is 5.91 Å². The van der Waals surface area contributed by atoms with Crippen LogP contribution in [0, 0.1) is 6.92 Å². The standard InChI is InChI=1S/C20H24N2OS2/c1-4-22(5-2)20(24)25-18(16-9-7-6-8-10-16)19(23)21-17-13-11-15(3)12-14-17/h6-14,18H,4-5H2,1-3H3,(H,21,23)/t18-/m0/s1. The Morgan fingerprint density at radius 3 is 2.24 bits per heavy atom. The summed E-state index contributed by atoms with van der Waals surface area (Å²) in [5, 5.41) is 2.63. The highest BCUT2D eigenvalue weighted by molar-refractivity contribution is 8.23. The average molecular weight is 373 g/mol. The third kappa shape index (κ3) is 5.58. The first-order valence-electron chi connectivity index (χ1n) is 8.43. The lowest BCUT2D eigenvalue weighted by atomic mass is 10.1. The minimum absolute atomic E-state index is 0.0606. The van der Waals surface area contributed by atoms with Gasteiger partial charge in [0.25, 0.3) is 0 Å². The van der Waals surface area contributed by atoms with Crippen molar-refractivity contribution in [1.29, 1.82) is 0 Å². The molecule has 0 aliphatic rings. The largest absolute Gasteiger partial charge is 0.358 e. The molecule has 0 saturated heterocycles. The molecular formula is C20H24N2OS2. The maximum atomic E-state index is 12.9. The van der Waals surface area contributed by atoms with Gasteiger partial charge in [-0.1, -0.05) is 72.0 Å². The lowest BCUT2D eigenvalue weighted by Gasteiger charge is -2.24. The molecule has 1 amide bonds. The number of aryl methyl sites for hydroxylation is 1. The zero-order valence-corrected chi connectivity index (χ0v) is 16.5. The van der Waals surface area contributed by atoms with Crippen molar-refractivity contribution in [1.82, 2.24) is 4.90 Å². The number of nitrogens with zero attached hydrogens (tertiary/aromatic N) is 1. The number of hydrogen-bond acceptors (Lipinski definition) is 3. The van der Waals surface area contributed by atoms with E-state index in [-0.39, 0.29) is 11.2 Å². The molecule has 2 aromatic carbocycles. The maximum absolute atomic E-state index is 12.9. The summed E-state index contributed by atoms with van der Waals surface area (Å²) in [6.45, 7) is 7.84. The number of anilines is 1. The Morgan fingerprint density at radius 2 is 1.68 bits per heavy atom. The van der Waals surface area contributed by atoms with Gasteiger partial charge in [0.15, 0.2) is 0 Å². The second kappa shape index (κ2) is 9.59. The van der Waals surface area contributed by atoms with E-state index in [2.05, 4.69) is 24.1 Å². The molecular weight excluding hydrogens is 348 g/mol. The van der Waals surface area contributed by atoms with Crippen molar-refractivity contribution < 1.29 is 4.79 Å². The van der Waals surface area contributed by atoms with Crippen molar-refractivity contribution in [2.75, 3.05) is 18.4 Å². The van der Waals surface area contributed by atoms with E-state index in [1.807, 2.05) is 61.5 Å². The van der Waals surface area contributed by atoms with Gasteiger partial charge >= 0.3 is 0 Å². The summed E-state index contributed by atoms with van der Waals surface area (Å²) in [4.78, 5) is 15.0. The number of carbonyl (C=O) groups is 1. The summed E-state index contributed by atoms with van der Waals surface area (Å²) in [7, 11) is 0. The highest BCUT2D eigenvalue weighted by Crippen LogP contribution is 2.32. The molecule has 0 aromatic heterocycles. The van der Waals surface area contributed by atoms with Crippen LogP contribution in [0.3, 0.4) is 0 Å². The fourth-order valence-electron chi connectivity index (χ4n) is 2.40. The van der Waals surface area contributed by atoms with Crippen LogP contribution in [-0.4, -0.2) is 28.2 Å². The zero-order chi connectivity index (χ0) is 18.2. The summed E-state index contributed by atoms with van der Waals surface area (Å²) >= 11 is 6.99. The summed E-state index contributed by atoms with van der Waals surface area (Å²) in [5.74, 6) is -0.0606. The second-order valence-corrected chi connectivity index (χ2v) is 7.44. The predicted molar refractivity (Wildman–Crippen MR) is 112 cm³/mol. The van der Waals surface area contributed by atoms with E-state index in [9.17, 15) is 4.79 Å². The van der Waals surface area contributed by atoms with Crippen LogP contribution < -0.4 is 5.32 Å². The van der Waals surface area contributed by atoms with Crippen molar-refractivity contribution >= 4 is 39.9 Å². The van der Waals surface area contributed by atoms with Gasteiger partial charge in [0.1, 0.15) is 9.57 Å². The molecule has 1 N–H and O–H groups in total. The van der Waals surface area contributed by atoms with E-state index >= 15 is 0 Å². The van der Waals surface area contributed by atoms with Crippen molar-refractivity contribution in [3.8, 4) is 0 Å². The van der Waals surface area contributed by atoms with Gasteiger partial charge in [-0.25, -0.2) is 0 Å². The quantitative estimate of drug-likeness (QED) is 0.721. The molecule has 0 saturated carbocycles. The minimum Gasteiger partial charge on any atom is -0.358 e. The Bertz CT molecular complexity index is 697. The topological polar surface area (TPSA) is 32.3 Å². The summed E-state index contributed by atoms with van der Waals surface area (Å²) in [5.41, 5.74) is 2.91. The van der Waals surface area contributed by atoms with Gasteiger partial charge in [0, 0.05) is 18.8 Å². The summed E-state index contributed by atoms with van der Waals surface area (Å²) in [6, 6.07) is 17.6. The SMILES string of the molecule is CCN(CC)C(=S)S[C@H](C(=O)Nc1ccc(C)cc1)c1ccccc1. The number of benzene rings is 2. The van der Waals surface area contributed by atoms with E-state index in [1.54, 1.807) is 0 Å². The van der Waals surface area contributed by atoms with Crippen LogP contribution in [0.25, 0.3) is 0 Å². The van der Waals surface area contributed by atoms with Crippen LogP contribution in [0.5, 0.6) is 0 Å². The molecule has 5 heteroatoms. The molecule has 25 heavy (non-hydrogen) atoms. The molecule has 2 aromatic rings. The summed E-state index contributed by atoms with van der Waals surface area (Å²) < 4.78 is 0.748. The minimum atomic E-state index is -0.379. The lowest BCUT2D eigenvalue weighted by molar-refractivity contribution is -0.115. The number of rotatable bonds is 6. The van der Waals surface area contributed by atoms with Crippen LogP contribution in [0.15, 0.2) is 54.6 Å². The van der Waals surface area contributed by atoms with Gasteiger partial charge < -0.3 is 10.2 Å². The number of nitrogens with one attached hydrogen (secondary N) is 1. The first-order valence-corrected chi connectivity index (χ1v) is 9.72. The van der Waals surface area contributed by atoms with Gasteiger partial charge in [-0.15, -0.1) is 0 Å². The number of amides is 1. The average Bonchev–Trinajstić information content (AvgIpc) is 2.63. The highest BCUT2D eigenvalue weighted by atomic mass is 32.2. The molecule has 0 aliphatic carbocycles. The van der Waals surface area contributed by atoms with Crippen LogP contribution in [0.2, 0.25) is 0 Å². The van der Waals surface area contributed by atoms with E-state index in [1.165, 1.54) is 11.8 Å². The third-order valence-electron chi connectivity index (χ3n) is 3.90. The maximum Gasteiger partial charge on any atom is 0.242 e. The Labute approximate surface area is 159 Å². The number of hydrogen-bond donors (Lipinski definition) is 1. The Hall–Kier alpha value is -1.85. The molecule has 0 bridgehead atoms. The van der Waals surface area contributed by atoms with Crippen LogP contribution in [-0.2, 0) is 4.79 Å². The molecule has 132 valence electrons. The van der Waals surface area contributed by atoms with Crippen molar-refractivity contribution in [3.05, 3.63) is 65.7 Å².